The van der Waals surface area contributed by atoms with Crippen LogP contribution in [0.1, 0.15) is 36.7 Å². The first-order valence-corrected chi connectivity index (χ1v) is 8.23. The van der Waals surface area contributed by atoms with Crippen LogP contribution >= 0.6 is 0 Å². The molecule has 0 fully saturated rings. The van der Waals surface area contributed by atoms with Gasteiger partial charge in [0.1, 0.15) is 17.1 Å². The average Bonchev–Trinajstić information content (AvgIpc) is 2.57. The van der Waals surface area contributed by atoms with Gasteiger partial charge < -0.3 is 9.15 Å². The van der Waals surface area contributed by atoms with Crippen LogP contribution in [0.3, 0.4) is 0 Å². The van der Waals surface area contributed by atoms with Crippen molar-refractivity contribution in [2.75, 3.05) is 0 Å². The molecule has 0 unspecified atom stereocenters. The molecule has 3 rings (SSSR count). The molecule has 0 aliphatic rings. The van der Waals surface area contributed by atoms with Crippen LogP contribution in [-0.4, -0.2) is 11.9 Å². The molecule has 0 spiro atoms. The second-order valence-electron chi connectivity index (χ2n) is 6.29. The monoisotopic (exact) mass is 336 g/mol. The Bertz CT molecular complexity index is 998. The van der Waals surface area contributed by atoms with Gasteiger partial charge in [-0.1, -0.05) is 30.3 Å². The maximum Gasteiger partial charge on any atom is 0.196 e. The molecule has 0 saturated heterocycles. The van der Waals surface area contributed by atoms with Gasteiger partial charge in [-0.2, -0.15) is 0 Å². The lowest BCUT2D eigenvalue weighted by Crippen LogP contribution is -2.13. The molecule has 128 valence electrons. The number of hydrogen-bond acceptors (Lipinski definition) is 4. The predicted octanol–water partition coefficient (Wildman–Crippen LogP) is 4.76. The maximum absolute atomic E-state index is 12.8. The Hall–Kier alpha value is -2.88. The number of ether oxygens (including phenoxy) is 1. The van der Waals surface area contributed by atoms with Crippen molar-refractivity contribution in [3.63, 3.8) is 0 Å². The van der Waals surface area contributed by atoms with E-state index in [2.05, 4.69) is 0 Å². The molecule has 0 atom stereocenters. The van der Waals surface area contributed by atoms with Crippen molar-refractivity contribution in [2.24, 2.45) is 0 Å². The van der Waals surface area contributed by atoms with Gasteiger partial charge in [0.25, 0.3) is 0 Å². The van der Waals surface area contributed by atoms with Gasteiger partial charge in [0.15, 0.2) is 16.8 Å². The fourth-order valence-electron chi connectivity index (χ4n) is 2.88. The summed E-state index contributed by atoms with van der Waals surface area (Å²) in [7, 11) is 0. The third-order valence-electron chi connectivity index (χ3n) is 4.00. The number of benzene rings is 2. The van der Waals surface area contributed by atoms with Crippen LogP contribution < -0.4 is 10.2 Å². The highest BCUT2D eigenvalue weighted by Crippen LogP contribution is 2.32. The summed E-state index contributed by atoms with van der Waals surface area (Å²) in [4.78, 5) is 25.1. The third kappa shape index (κ3) is 3.07. The normalized spacial score (nSPS) is 11.1. The van der Waals surface area contributed by atoms with Crippen molar-refractivity contribution in [2.45, 2.75) is 33.8 Å². The van der Waals surface area contributed by atoms with E-state index in [9.17, 15) is 9.59 Å². The zero-order chi connectivity index (χ0) is 18.1. The fourth-order valence-corrected chi connectivity index (χ4v) is 2.88. The Morgan fingerprint density at radius 2 is 1.76 bits per heavy atom. The Balaban J connectivity index is 2.39. The predicted molar refractivity (Wildman–Crippen MR) is 98.4 cm³/mol. The number of ketones is 1. The van der Waals surface area contributed by atoms with E-state index in [0.717, 1.165) is 5.56 Å². The highest BCUT2D eigenvalue weighted by atomic mass is 16.5. The molecule has 4 nitrogen and oxygen atoms in total. The van der Waals surface area contributed by atoms with Gasteiger partial charge in [0, 0.05) is 11.1 Å². The molecule has 3 aromatic rings. The van der Waals surface area contributed by atoms with Crippen LogP contribution in [0.15, 0.2) is 51.7 Å². The molecular formula is C21H20O4. The Morgan fingerprint density at radius 1 is 1.08 bits per heavy atom. The molecular weight excluding hydrogens is 316 g/mol. The van der Waals surface area contributed by atoms with Crippen LogP contribution in [0.25, 0.3) is 22.3 Å². The van der Waals surface area contributed by atoms with Gasteiger partial charge in [-0.05, 0) is 39.8 Å². The maximum atomic E-state index is 12.8. The Labute approximate surface area is 146 Å². The van der Waals surface area contributed by atoms with Crippen molar-refractivity contribution in [3.05, 3.63) is 63.8 Å². The third-order valence-corrected chi connectivity index (χ3v) is 4.00. The van der Waals surface area contributed by atoms with Crippen LogP contribution in [0.5, 0.6) is 5.75 Å². The number of rotatable bonds is 4. The van der Waals surface area contributed by atoms with E-state index in [4.69, 9.17) is 9.15 Å². The Kier molecular flexibility index (Phi) is 4.45. The summed E-state index contributed by atoms with van der Waals surface area (Å²) in [5.41, 5.74) is 1.76. The molecule has 0 N–H and O–H groups in total. The van der Waals surface area contributed by atoms with Gasteiger partial charge in [0.05, 0.1) is 11.5 Å². The second-order valence-corrected chi connectivity index (χ2v) is 6.29. The molecule has 25 heavy (non-hydrogen) atoms. The molecule has 4 heteroatoms. The molecule has 0 saturated carbocycles. The van der Waals surface area contributed by atoms with Gasteiger partial charge >= 0.3 is 0 Å². The van der Waals surface area contributed by atoms with Crippen molar-refractivity contribution in [1.82, 2.24) is 0 Å². The summed E-state index contributed by atoms with van der Waals surface area (Å²) < 4.78 is 11.8. The summed E-state index contributed by atoms with van der Waals surface area (Å²) in [5.74, 6) is 0.704. The first-order valence-electron chi connectivity index (χ1n) is 8.23. The first-order chi connectivity index (χ1) is 11.9. The van der Waals surface area contributed by atoms with E-state index in [-0.39, 0.29) is 22.9 Å². The number of Topliss-reactive ketones (excluding diaryl/α,β-unsaturated/α-hetero) is 1. The average molecular weight is 336 g/mol. The molecule has 0 aliphatic carbocycles. The fraction of sp³-hybridized carbons (Fsp3) is 0.238. The van der Waals surface area contributed by atoms with Gasteiger partial charge in [-0.25, -0.2) is 0 Å². The van der Waals surface area contributed by atoms with Gasteiger partial charge in [-0.15, -0.1) is 0 Å². The number of hydrogen-bond donors (Lipinski definition) is 0. The lowest BCUT2D eigenvalue weighted by Gasteiger charge is -2.15. The number of carbonyl (C=O) groups is 1. The van der Waals surface area contributed by atoms with Crippen molar-refractivity contribution in [3.8, 4) is 17.1 Å². The van der Waals surface area contributed by atoms with E-state index >= 15 is 0 Å². The van der Waals surface area contributed by atoms with E-state index in [1.165, 1.54) is 6.92 Å². The smallest absolute Gasteiger partial charge is 0.196 e. The minimum atomic E-state index is -0.202. The number of carbonyl (C=O) groups excluding carboxylic acids is 1. The van der Waals surface area contributed by atoms with Crippen LogP contribution in [-0.2, 0) is 0 Å². The molecule has 0 radical (unpaired) electrons. The van der Waals surface area contributed by atoms with Gasteiger partial charge in [-0.3, -0.25) is 9.59 Å². The zero-order valence-corrected chi connectivity index (χ0v) is 14.8. The summed E-state index contributed by atoms with van der Waals surface area (Å²) in [5, 5.41) is 0.387. The lowest BCUT2D eigenvalue weighted by atomic mass is 10.0. The first kappa shape index (κ1) is 17.0. The lowest BCUT2D eigenvalue weighted by molar-refractivity contribution is 0.101. The largest absolute Gasteiger partial charge is 0.490 e. The summed E-state index contributed by atoms with van der Waals surface area (Å²) >= 11 is 0. The zero-order valence-electron chi connectivity index (χ0n) is 14.8. The molecule has 0 amide bonds. The summed E-state index contributed by atoms with van der Waals surface area (Å²) in [6.45, 7) is 6.95. The van der Waals surface area contributed by atoms with Crippen LogP contribution in [0, 0.1) is 6.92 Å². The van der Waals surface area contributed by atoms with Crippen LogP contribution in [0.4, 0.5) is 0 Å². The molecule has 2 aromatic carbocycles. The molecule has 0 bridgehead atoms. The van der Waals surface area contributed by atoms with Crippen molar-refractivity contribution >= 4 is 16.8 Å². The van der Waals surface area contributed by atoms with E-state index < -0.39 is 0 Å². The Morgan fingerprint density at radius 3 is 2.36 bits per heavy atom. The minimum Gasteiger partial charge on any atom is -0.490 e. The SMILES string of the molecule is CC(=O)c1c(OC(C)C)ccc2c(=O)c(C)c(-c3ccccc3)oc12. The van der Waals surface area contributed by atoms with Crippen molar-refractivity contribution in [1.29, 1.82) is 0 Å². The van der Waals surface area contributed by atoms with E-state index in [0.29, 0.717) is 28.0 Å². The summed E-state index contributed by atoms with van der Waals surface area (Å²) in [6, 6.07) is 12.7. The number of fused-ring (bicyclic) bond motifs is 1. The molecule has 1 aromatic heterocycles. The molecule has 1 heterocycles. The van der Waals surface area contributed by atoms with Crippen LogP contribution in [0.2, 0.25) is 0 Å². The highest BCUT2D eigenvalue weighted by molar-refractivity contribution is 6.07. The minimum absolute atomic E-state index is 0.0960. The summed E-state index contributed by atoms with van der Waals surface area (Å²) in [6.07, 6.45) is -0.0960. The van der Waals surface area contributed by atoms with Gasteiger partial charge in [0.2, 0.25) is 0 Å². The molecule has 0 aliphatic heterocycles. The quantitative estimate of drug-likeness (QED) is 0.645. The topological polar surface area (TPSA) is 56.5 Å². The van der Waals surface area contributed by atoms with E-state index in [1.54, 1.807) is 19.1 Å². The van der Waals surface area contributed by atoms with Crippen molar-refractivity contribution < 1.29 is 13.9 Å². The second kappa shape index (κ2) is 6.55. The van der Waals surface area contributed by atoms with E-state index in [1.807, 2.05) is 44.2 Å². The standard InChI is InChI=1S/C21H20O4/c1-12(2)24-17-11-10-16-19(23)13(3)20(15-8-6-5-7-9-15)25-21(16)18(17)14(4)22/h5-12H,1-4H3. The highest BCUT2D eigenvalue weighted by Gasteiger charge is 2.21.